The molecule has 0 bridgehead atoms. The molecule has 0 heterocycles. The van der Waals surface area contributed by atoms with Crippen molar-refractivity contribution in [2.24, 2.45) is 5.73 Å². The second-order valence-electron chi connectivity index (χ2n) is 5.67. The summed E-state index contributed by atoms with van der Waals surface area (Å²) >= 11 is 0. The van der Waals surface area contributed by atoms with Gasteiger partial charge < -0.3 is 10.8 Å². The minimum Gasteiger partial charge on any atom is -0.478 e. The third-order valence-electron chi connectivity index (χ3n) is 4.03. The van der Waals surface area contributed by atoms with Gasteiger partial charge in [0.25, 0.3) is 0 Å². The van der Waals surface area contributed by atoms with Crippen molar-refractivity contribution in [3.05, 3.63) is 84.4 Å². The first-order chi connectivity index (χ1) is 12.6. The maximum atomic E-state index is 12.5. The lowest BCUT2D eigenvalue weighted by Gasteiger charge is -2.24. The second kappa shape index (κ2) is 7.63. The molecular formula is C21H18N2O3. The van der Waals surface area contributed by atoms with Crippen molar-refractivity contribution < 1.29 is 14.7 Å². The molecule has 0 saturated carbocycles. The molecular weight excluding hydrogens is 328 g/mol. The Labute approximate surface area is 151 Å². The number of benzene rings is 3. The highest BCUT2D eigenvalue weighted by Crippen LogP contribution is 2.30. The van der Waals surface area contributed by atoms with Gasteiger partial charge in [0.15, 0.2) is 0 Å². The first-order valence-electron chi connectivity index (χ1n) is 8.12. The molecule has 5 nitrogen and oxygen atoms in total. The highest BCUT2D eigenvalue weighted by molar-refractivity contribution is 6.07. The molecule has 0 fully saturated rings. The number of anilines is 2. The van der Waals surface area contributed by atoms with Crippen molar-refractivity contribution >= 4 is 23.3 Å². The zero-order valence-corrected chi connectivity index (χ0v) is 14.0. The fraction of sp³-hybridized carbons (Fsp3) is 0.0476. The van der Waals surface area contributed by atoms with Gasteiger partial charge in [-0.2, -0.15) is 0 Å². The Bertz CT molecular complexity index is 922. The summed E-state index contributed by atoms with van der Waals surface area (Å²) in [6.45, 7) is -0.228. The van der Waals surface area contributed by atoms with Crippen LogP contribution in [0.1, 0.15) is 10.4 Å². The summed E-state index contributed by atoms with van der Waals surface area (Å²) in [6, 6.07) is 23.6. The van der Waals surface area contributed by atoms with Crippen molar-refractivity contribution in [3.63, 3.8) is 0 Å². The maximum Gasteiger partial charge on any atom is 0.337 e. The number of nitrogens with zero attached hydrogens (tertiary/aromatic N) is 1. The number of hydrogen-bond acceptors (Lipinski definition) is 3. The second-order valence-corrected chi connectivity index (χ2v) is 5.67. The van der Waals surface area contributed by atoms with Gasteiger partial charge in [0.2, 0.25) is 5.91 Å². The third-order valence-corrected chi connectivity index (χ3v) is 4.03. The molecule has 0 radical (unpaired) electrons. The summed E-state index contributed by atoms with van der Waals surface area (Å²) in [4.78, 5) is 25.3. The van der Waals surface area contributed by atoms with E-state index in [0.717, 1.165) is 11.1 Å². The zero-order valence-electron chi connectivity index (χ0n) is 14.0. The molecule has 130 valence electrons. The van der Waals surface area contributed by atoms with Crippen LogP contribution in [0.2, 0.25) is 0 Å². The topological polar surface area (TPSA) is 83.6 Å². The van der Waals surface area contributed by atoms with E-state index in [1.54, 1.807) is 30.3 Å². The zero-order chi connectivity index (χ0) is 18.5. The number of carboxylic acids is 1. The van der Waals surface area contributed by atoms with Gasteiger partial charge in [0.05, 0.1) is 17.8 Å². The predicted octanol–water partition coefficient (Wildman–Crippen LogP) is 3.68. The fourth-order valence-corrected chi connectivity index (χ4v) is 2.79. The van der Waals surface area contributed by atoms with Gasteiger partial charge in [-0.25, -0.2) is 4.79 Å². The van der Waals surface area contributed by atoms with Gasteiger partial charge in [-0.3, -0.25) is 9.69 Å². The molecule has 5 heteroatoms. The molecule has 0 unspecified atom stereocenters. The van der Waals surface area contributed by atoms with E-state index >= 15 is 0 Å². The number of amides is 1. The van der Waals surface area contributed by atoms with E-state index in [2.05, 4.69) is 0 Å². The minimum atomic E-state index is -1.10. The van der Waals surface area contributed by atoms with Crippen LogP contribution in [0.25, 0.3) is 11.1 Å². The lowest BCUT2D eigenvalue weighted by atomic mass is 10.0. The van der Waals surface area contributed by atoms with E-state index < -0.39 is 5.97 Å². The highest BCUT2D eigenvalue weighted by Gasteiger charge is 2.22. The van der Waals surface area contributed by atoms with Crippen molar-refractivity contribution in [1.82, 2.24) is 0 Å². The van der Waals surface area contributed by atoms with Crippen LogP contribution < -0.4 is 10.6 Å². The lowest BCUT2D eigenvalue weighted by Crippen LogP contribution is -2.33. The van der Waals surface area contributed by atoms with Crippen molar-refractivity contribution in [2.75, 3.05) is 11.4 Å². The average Bonchev–Trinajstić information content (AvgIpc) is 2.69. The number of aromatic carboxylic acids is 1. The molecule has 0 atom stereocenters. The third kappa shape index (κ3) is 3.48. The Morgan fingerprint density at radius 2 is 1.38 bits per heavy atom. The van der Waals surface area contributed by atoms with Crippen molar-refractivity contribution in [2.45, 2.75) is 0 Å². The molecule has 0 aliphatic carbocycles. The monoisotopic (exact) mass is 346 g/mol. The van der Waals surface area contributed by atoms with Gasteiger partial charge in [-0.1, -0.05) is 54.6 Å². The Morgan fingerprint density at radius 3 is 2.00 bits per heavy atom. The van der Waals surface area contributed by atoms with Crippen LogP contribution in [-0.2, 0) is 4.79 Å². The summed E-state index contributed by atoms with van der Waals surface area (Å²) in [7, 11) is 0. The normalized spacial score (nSPS) is 10.3. The molecule has 3 rings (SSSR count). The molecule has 3 aromatic rings. The Hall–Kier alpha value is -3.44. The number of carboxylic acid groups (broad SMARTS) is 1. The summed E-state index contributed by atoms with van der Waals surface area (Å²) in [6.07, 6.45) is 0. The van der Waals surface area contributed by atoms with Crippen LogP contribution in [0.4, 0.5) is 11.4 Å². The number of hydrogen-bond donors (Lipinski definition) is 2. The standard InChI is InChI=1S/C21H18N2O3/c22-14-20(24)23(19-9-5-4-8-18(19)21(25)26)17-12-10-16(11-13-17)15-6-2-1-3-7-15/h1-13H,14,22H2,(H,25,26). The summed E-state index contributed by atoms with van der Waals surface area (Å²) in [5.41, 5.74) is 8.52. The number of nitrogens with two attached hydrogens (primary N) is 1. The number of carbonyl (C=O) groups excluding carboxylic acids is 1. The molecule has 1 amide bonds. The Morgan fingerprint density at radius 1 is 0.808 bits per heavy atom. The van der Waals surface area contributed by atoms with E-state index in [-0.39, 0.29) is 18.0 Å². The van der Waals surface area contributed by atoms with E-state index in [0.29, 0.717) is 11.4 Å². The number of rotatable bonds is 5. The smallest absolute Gasteiger partial charge is 0.337 e. The molecule has 26 heavy (non-hydrogen) atoms. The van der Waals surface area contributed by atoms with Gasteiger partial charge in [-0.05, 0) is 35.4 Å². The number of para-hydroxylation sites is 1. The van der Waals surface area contributed by atoms with Crippen LogP contribution in [0.3, 0.4) is 0 Å². The van der Waals surface area contributed by atoms with E-state index in [9.17, 15) is 14.7 Å². The molecule has 0 spiro atoms. The van der Waals surface area contributed by atoms with Crippen LogP contribution in [0.15, 0.2) is 78.9 Å². The SMILES string of the molecule is NCC(=O)N(c1ccc(-c2ccccc2)cc1)c1ccccc1C(=O)O. The first-order valence-corrected chi connectivity index (χ1v) is 8.12. The largest absolute Gasteiger partial charge is 0.478 e. The van der Waals surface area contributed by atoms with E-state index in [1.165, 1.54) is 11.0 Å². The first kappa shape index (κ1) is 17.4. The van der Waals surface area contributed by atoms with Crippen LogP contribution in [0.5, 0.6) is 0 Å². The van der Waals surface area contributed by atoms with Gasteiger partial charge in [0, 0.05) is 5.69 Å². The average molecular weight is 346 g/mol. The predicted molar refractivity (Wildman–Crippen MR) is 101 cm³/mol. The number of carbonyl (C=O) groups is 2. The van der Waals surface area contributed by atoms with E-state index in [1.807, 2.05) is 42.5 Å². The van der Waals surface area contributed by atoms with Crippen LogP contribution >= 0.6 is 0 Å². The van der Waals surface area contributed by atoms with Crippen molar-refractivity contribution in [3.8, 4) is 11.1 Å². The Balaban J connectivity index is 2.05. The summed E-state index contributed by atoms with van der Waals surface area (Å²) in [5, 5.41) is 9.44. The van der Waals surface area contributed by atoms with Crippen LogP contribution in [-0.4, -0.2) is 23.5 Å². The quantitative estimate of drug-likeness (QED) is 0.738. The van der Waals surface area contributed by atoms with E-state index in [4.69, 9.17) is 5.73 Å². The minimum absolute atomic E-state index is 0.0430. The Kier molecular flexibility index (Phi) is 5.10. The molecule has 0 saturated heterocycles. The maximum absolute atomic E-state index is 12.5. The lowest BCUT2D eigenvalue weighted by molar-refractivity contribution is -0.116. The molecule has 0 aliphatic heterocycles. The summed E-state index contributed by atoms with van der Waals surface area (Å²) in [5.74, 6) is -1.48. The molecule has 3 N–H and O–H groups in total. The summed E-state index contributed by atoms with van der Waals surface area (Å²) < 4.78 is 0. The molecule has 0 aliphatic rings. The fourth-order valence-electron chi connectivity index (χ4n) is 2.79. The molecule has 0 aromatic heterocycles. The van der Waals surface area contributed by atoms with Gasteiger partial charge in [0.1, 0.15) is 0 Å². The molecule has 3 aromatic carbocycles. The highest BCUT2D eigenvalue weighted by atomic mass is 16.4. The van der Waals surface area contributed by atoms with Gasteiger partial charge >= 0.3 is 5.97 Å². The van der Waals surface area contributed by atoms with Gasteiger partial charge in [-0.15, -0.1) is 0 Å². The van der Waals surface area contributed by atoms with Crippen LogP contribution in [0, 0.1) is 0 Å². The van der Waals surface area contributed by atoms with Crippen molar-refractivity contribution in [1.29, 1.82) is 0 Å².